The number of nitrogens with zero attached hydrogens (tertiary/aromatic N) is 1. The van der Waals surface area contributed by atoms with E-state index < -0.39 is 0 Å². The van der Waals surface area contributed by atoms with Gasteiger partial charge in [-0.2, -0.15) is 0 Å². The second-order valence-electron chi connectivity index (χ2n) is 4.31. The molecule has 0 radical (unpaired) electrons. The van der Waals surface area contributed by atoms with Gasteiger partial charge in [0, 0.05) is 16.4 Å². The normalized spacial score (nSPS) is 11.9. The van der Waals surface area contributed by atoms with Crippen molar-refractivity contribution in [3.63, 3.8) is 0 Å². The van der Waals surface area contributed by atoms with Crippen molar-refractivity contribution < 1.29 is 4.74 Å². The molecule has 4 heteroatoms. The zero-order valence-corrected chi connectivity index (χ0v) is 11.1. The summed E-state index contributed by atoms with van der Waals surface area (Å²) in [5, 5.41) is 3.13. The molecule has 0 atom stereocenters. The van der Waals surface area contributed by atoms with Gasteiger partial charge in [-0.15, -0.1) is 11.3 Å². The van der Waals surface area contributed by atoms with Crippen LogP contribution >= 0.6 is 11.3 Å². The van der Waals surface area contributed by atoms with E-state index in [1.165, 1.54) is 4.70 Å². The van der Waals surface area contributed by atoms with E-state index in [0.29, 0.717) is 12.5 Å². The summed E-state index contributed by atoms with van der Waals surface area (Å²) in [6, 6.07) is 4.04. The van der Waals surface area contributed by atoms with Crippen LogP contribution in [0.5, 0.6) is 5.88 Å². The third-order valence-electron chi connectivity index (χ3n) is 3.25. The molecule has 0 fully saturated rings. The lowest BCUT2D eigenvalue weighted by atomic mass is 9.96. The van der Waals surface area contributed by atoms with Gasteiger partial charge in [0.05, 0.1) is 5.39 Å². The molecule has 2 aromatic heterocycles. The lowest BCUT2D eigenvalue weighted by Gasteiger charge is -2.26. The Morgan fingerprint density at radius 2 is 2.12 bits per heavy atom. The molecule has 2 aromatic rings. The summed E-state index contributed by atoms with van der Waals surface area (Å²) in [6.07, 6.45) is 3.59. The van der Waals surface area contributed by atoms with Crippen molar-refractivity contribution in [3.8, 4) is 5.88 Å². The molecule has 0 aliphatic heterocycles. The molecule has 3 nitrogen and oxygen atoms in total. The van der Waals surface area contributed by atoms with Gasteiger partial charge in [-0.05, 0) is 30.4 Å². The quantitative estimate of drug-likeness (QED) is 0.886. The molecular weight excluding hydrogens is 232 g/mol. The van der Waals surface area contributed by atoms with Crippen LogP contribution in [0, 0.1) is 0 Å². The van der Waals surface area contributed by atoms with Crippen molar-refractivity contribution in [1.82, 2.24) is 4.98 Å². The van der Waals surface area contributed by atoms with E-state index in [0.717, 1.165) is 18.2 Å². The largest absolute Gasteiger partial charge is 0.475 e. The Morgan fingerprint density at radius 3 is 2.82 bits per heavy atom. The predicted octanol–water partition coefficient (Wildman–Crippen LogP) is 3.19. The van der Waals surface area contributed by atoms with E-state index in [1.54, 1.807) is 17.5 Å². The second kappa shape index (κ2) is 5.02. The molecule has 0 bridgehead atoms. The van der Waals surface area contributed by atoms with Gasteiger partial charge in [0.25, 0.3) is 0 Å². The summed E-state index contributed by atoms with van der Waals surface area (Å²) in [5.41, 5.74) is 5.96. The van der Waals surface area contributed by atoms with Crippen LogP contribution in [-0.4, -0.2) is 17.1 Å². The molecule has 0 aliphatic rings. The van der Waals surface area contributed by atoms with Gasteiger partial charge in [0.1, 0.15) is 6.61 Å². The van der Waals surface area contributed by atoms with E-state index in [9.17, 15) is 0 Å². The second-order valence-corrected chi connectivity index (χ2v) is 5.25. The Labute approximate surface area is 106 Å². The van der Waals surface area contributed by atoms with E-state index in [1.807, 2.05) is 12.1 Å². The van der Waals surface area contributed by atoms with Crippen molar-refractivity contribution in [2.24, 2.45) is 5.73 Å². The molecule has 0 aromatic carbocycles. The van der Waals surface area contributed by atoms with Gasteiger partial charge in [-0.1, -0.05) is 13.8 Å². The van der Waals surface area contributed by atoms with Crippen LogP contribution < -0.4 is 10.5 Å². The summed E-state index contributed by atoms with van der Waals surface area (Å²) in [6.45, 7) is 4.69. The Hall–Kier alpha value is -1.13. The molecule has 0 saturated carbocycles. The zero-order chi connectivity index (χ0) is 12.3. The van der Waals surface area contributed by atoms with Crippen LogP contribution in [0.25, 0.3) is 10.1 Å². The van der Waals surface area contributed by atoms with Gasteiger partial charge >= 0.3 is 0 Å². The summed E-state index contributed by atoms with van der Waals surface area (Å²) in [4.78, 5) is 4.28. The lowest BCUT2D eigenvalue weighted by molar-refractivity contribution is 0.203. The summed E-state index contributed by atoms with van der Waals surface area (Å²) >= 11 is 1.70. The van der Waals surface area contributed by atoms with E-state index in [4.69, 9.17) is 10.5 Å². The number of aromatic nitrogens is 1. The zero-order valence-electron chi connectivity index (χ0n) is 10.3. The molecule has 0 amide bonds. The van der Waals surface area contributed by atoms with Crippen LogP contribution in [0.4, 0.5) is 0 Å². The Balaban J connectivity index is 2.16. The molecule has 92 valence electrons. The van der Waals surface area contributed by atoms with Crippen molar-refractivity contribution >= 4 is 21.4 Å². The highest BCUT2D eigenvalue weighted by atomic mass is 32.1. The first-order valence-electron chi connectivity index (χ1n) is 5.92. The topological polar surface area (TPSA) is 48.1 Å². The number of hydrogen-bond acceptors (Lipinski definition) is 4. The molecule has 0 spiro atoms. The predicted molar refractivity (Wildman–Crippen MR) is 72.6 cm³/mol. The van der Waals surface area contributed by atoms with Crippen LogP contribution in [-0.2, 0) is 0 Å². The van der Waals surface area contributed by atoms with Gasteiger partial charge in [0.2, 0.25) is 5.88 Å². The van der Waals surface area contributed by atoms with Crippen molar-refractivity contribution in [3.05, 3.63) is 23.7 Å². The third-order valence-corrected chi connectivity index (χ3v) is 4.13. The van der Waals surface area contributed by atoms with Crippen molar-refractivity contribution in [2.45, 2.75) is 32.2 Å². The maximum atomic E-state index is 6.21. The molecular formula is C13H18N2OS. The van der Waals surface area contributed by atoms with Crippen LogP contribution in [0.15, 0.2) is 23.7 Å². The fourth-order valence-corrected chi connectivity index (χ4v) is 2.42. The highest BCUT2D eigenvalue weighted by Gasteiger charge is 2.21. The van der Waals surface area contributed by atoms with Crippen LogP contribution in [0.2, 0.25) is 0 Å². The number of rotatable bonds is 5. The number of hydrogen-bond donors (Lipinski definition) is 1. The Kier molecular flexibility index (Phi) is 3.64. The van der Waals surface area contributed by atoms with Crippen molar-refractivity contribution in [2.75, 3.05) is 6.61 Å². The number of nitrogens with two attached hydrogens (primary N) is 1. The van der Waals surface area contributed by atoms with Crippen LogP contribution in [0.3, 0.4) is 0 Å². The highest BCUT2D eigenvalue weighted by Crippen LogP contribution is 2.28. The van der Waals surface area contributed by atoms with E-state index in [-0.39, 0.29) is 5.54 Å². The third kappa shape index (κ3) is 2.58. The Morgan fingerprint density at radius 1 is 1.35 bits per heavy atom. The lowest BCUT2D eigenvalue weighted by Crippen LogP contribution is -2.44. The molecule has 0 aliphatic carbocycles. The number of pyridine rings is 1. The first-order chi connectivity index (χ1) is 8.18. The summed E-state index contributed by atoms with van der Waals surface area (Å²) in [7, 11) is 0. The molecule has 2 N–H and O–H groups in total. The number of ether oxygens (including phenoxy) is 1. The minimum absolute atomic E-state index is 0.250. The molecule has 17 heavy (non-hydrogen) atoms. The first kappa shape index (κ1) is 12.3. The van der Waals surface area contributed by atoms with Gasteiger partial charge in [-0.25, -0.2) is 4.98 Å². The molecule has 2 heterocycles. The maximum absolute atomic E-state index is 6.21. The smallest absolute Gasteiger partial charge is 0.222 e. The Bertz CT molecular complexity index is 491. The molecule has 0 saturated heterocycles. The minimum atomic E-state index is -0.250. The molecule has 2 rings (SSSR count). The maximum Gasteiger partial charge on any atom is 0.222 e. The average Bonchev–Trinajstić information content (AvgIpc) is 2.84. The number of thiophene rings is 1. The summed E-state index contributed by atoms with van der Waals surface area (Å²) in [5.74, 6) is 0.695. The van der Waals surface area contributed by atoms with Gasteiger partial charge < -0.3 is 10.5 Å². The SMILES string of the molecule is CCC(N)(CC)COc1nccc2sccc12. The fraction of sp³-hybridized carbons (Fsp3) is 0.462. The highest BCUT2D eigenvalue weighted by molar-refractivity contribution is 7.17. The average molecular weight is 250 g/mol. The van der Waals surface area contributed by atoms with E-state index in [2.05, 4.69) is 24.2 Å². The first-order valence-corrected chi connectivity index (χ1v) is 6.80. The number of fused-ring (bicyclic) bond motifs is 1. The summed E-state index contributed by atoms with van der Waals surface area (Å²) < 4.78 is 6.99. The minimum Gasteiger partial charge on any atom is -0.475 e. The fourth-order valence-electron chi connectivity index (χ4n) is 1.65. The molecule has 0 unspecified atom stereocenters. The van der Waals surface area contributed by atoms with Gasteiger partial charge in [-0.3, -0.25) is 0 Å². The van der Waals surface area contributed by atoms with Gasteiger partial charge in [0.15, 0.2) is 0 Å². The van der Waals surface area contributed by atoms with Crippen LogP contribution in [0.1, 0.15) is 26.7 Å². The standard InChI is InChI=1S/C13H18N2OS/c1-3-13(14,4-2)9-16-12-10-6-8-17-11(10)5-7-15-12/h5-8H,3-4,9,14H2,1-2H3. The van der Waals surface area contributed by atoms with E-state index >= 15 is 0 Å². The van der Waals surface area contributed by atoms with Crippen molar-refractivity contribution in [1.29, 1.82) is 0 Å². The monoisotopic (exact) mass is 250 g/mol.